The van der Waals surface area contributed by atoms with Crippen LogP contribution in [0.4, 0.5) is 0 Å². The zero-order valence-corrected chi connectivity index (χ0v) is 14.2. The first-order chi connectivity index (χ1) is 12.4. The summed E-state index contributed by atoms with van der Waals surface area (Å²) in [4.78, 5) is 37.0. The van der Waals surface area contributed by atoms with Crippen molar-refractivity contribution in [2.45, 2.75) is 30.1 Å². The Balaban J connectivity index is 2.02. The highest BCUT2D eigenvalue weighted by atomic mass is 32.1. The number of aliphatic hydroxyl groups excluding tert-OH is 2. The number of ketones is 1. The van der Waals surface area contributed by atoms with Gasteiger partial charge in [-0.2, -0.15) is 0 Å². The third-order valence-electron chi connectivity index (χ3n) is 5.06. The van der Waals surface area contributed by atoms with Gasteiger partial charge < -0.3 is 15.3 Å². The minimum absolute atomic E-state index is 0.0859. The van der Waals surface area contributed by atoms with E-state index in [-0.39, 0.29) is 12.2 Å². The molecule has 3 unspecified atom stereocenters. The van der Waals surface area contributed by atoms with Crippen LogP contribution in [0, 0.1) is 0 Å². The highest BCUT2D eigenvalue weighted by Crippen LogP contribution is 2.46. The van der Waals surface area contributed by atoms with Gasteiger partial charge in [0.25, 0.3) is 11.8 Å². The summed E-state index contributed by atoms with van der Waals surface area (Å²) in [6.45, 7) is 0. The van der Waals surface area contributed by atoms with E-state index in [1.165, 1.54) is 11.3 Å². The molecule has 3 atom stereocenters. The van der Waals surface area contributed by atoms with Crippen molar-refractivity contribution >= 4 is 28.9 Å². The summed E-state index contributed by atoms with van der Waals surface area (Å²) in [7, 11) is 0. The number of carbonyl (C=O) groups is 3. The van der Waals surface area contributed by atoms with Gasteiger partial charge in [0, 0.05) is 12.3 Å². The lowest BCUT2D eigenvalue weighted by atomic mass is 9.69. The molecule has 2 heterocycles. The number of Topliss-reactive ketones (excluding diaryl/α,β-unsaturated/α-hetero) is 1. The molecule has 1 aliphatic heterocycles. The van der Waals surface area contributed by atoms with E-state index in [9.17, 15) is 29.7 Å². The lowest BCUT2D eigenvalue weighted by Crippen LogP contribution is -2.70. The number of rotatable bonds is 1. The standard InChI is InChI=1S/C18H15NO6S/c20-11-7-8-3-1-2-4-9(8)12(10-5-6-26-13(10)11)18(25)14(21)16(23)19-17(24)15(18)22/h1-6,12,14-15,21-22,25H,7H2,(H,19,23,24). The summed E-state index contributed by atoms with van der Waals surface area (Å²) in [6, 6.07) is 8.41. The first kappa shape index (κ1) is 17.0. The van der Waals surface area contributed by atoms with E-state index in [2.05, 4.69) is 0 Å². The Labute approximate surface area is 151 Å². The molecule has 0 radical (unpaired) electrons. The molecule has 134 valence electrons. The summed E-state index contributed by atoms with van der Waals surface area (Å²) in [5.74, 6) is -3.46. The van der Waals surface area contributed by atoms with Crippen molar-refractivity contribution in [1.82, 2.24) is 5.32 Å². The second-order valence-electron chi connectivity index (χ2n) is 6.48. The number of hydrogen-bond acceptors (Lipinski definition) is 7. The first-order valence-corrected chi connectivity index (χ1v) is 8.85. The van der Waals surface area contributed by atoms with Gasteiger partial charge in [-0.25, -0.2) is 0 Å². The molecule has 1 fully saturated rings. The van der Waals surface area contributed by atoms with Crippen LogP contribution in [-0.4, -0.2) is 50.7 Å². The minimum Gasteiger partial charge on any atom is -0.382 e. The zero-order valence-electron chi connectivity index (χ0n) is 13.4. The van der Waals surface area contributed by atoms with Crippen molar-refractivity contribution in [3.63, 3.8) is 0 Å². The fourth-order valence-electron chi connectivity index (χ4n) is 3.81. The van der Waals surface area contributed by atoms with Crippen molar-refractivity contribution in [1.29, 1.82) is 0 Å². The summed E-state index contributed by atoms with van der Waals surface area (Å²) >= 11 is 1.18. The van der Waals surface area contributed by atoms with Crippen LogP contribution in [0.25, 0.3) is 0 Å². The molecule has 7 nitrogen and oxygen atoms in total. The van der Waals surface area contributed by atoms with E-state index in [1.54, 1.807) is 35.7 Å². The van der Waals surface area contributed by atoms with E-state index in [4.69, 9.17) is 0 Å². The molecule has 2 aliphatic rings. The number of carbonyl (C=O) groups excluding carboxylic acids is 3. The molecule has 0 spiro atoms. The second kappa shape index (κ2) is 5.82. The Morgan fingerprint density at radius 3 is 2.35 bits per heavy atom. The molecule has 1 aromatic heterocycles. The minimum atomic E-state index is -2.50. The Hall–Kier alpha value is -2.39. The van der Waals surface area contributed by atoms with Crippen LogP contribution in [0.3, 0.4) is 0 Å². The van der Waals surface area contributed by atoms with E-state index in [0.29, 0.717) is 21.6 Å². The molecular weight excluding hydrogens is 358 g/mol. The monoisotopic (exact) mass is 373 g/mol. The number of amides is 2. The third kappa shape index (κ3) is 2.20. The third-order valence-corrected chi connectivity index (χ3v) is 6.03. The molecule has 1 saturated heterocycles. The van der Waals surface area contributed by atoms with Crippen molar-refractivity contribution in [2.24, 2.45) is 0 Å². The van der Waals surface area contributed by atoms with Gasteiger partial charge in [0.2, 0.25) is 0 Å². The topological polar surface area (TPSA) is 124 Å². The molecule has 2 aromatic rings. The zero-order chi connectivity index (χ0) is 18.6. The maximum absolute atomic E-state index is 12.6. The van der Waals surface area contributed by atoms with Crippen LogP contribution in [-0.2, 0) is 16.0 Å². The molecule has 26 heavy (non-hydrogen) atoms. The van der Waals surface area contributed by atoms with Crippen molar-refractivity contribution < 1.29 is 29.7 Å². The van der Waals surface area contributed by atoms with Gasteiger partial charge in [-0.1, -0.05) is 24.3 Å². The number of imide groups is 1. The Morgan fingerprint density at radius 1 is 1.00 bits per heavy atom. The van der Waals surface area contributed by atoms with E-state index in [0.717, 1.165) is 0 Å². The lowest BCUT2D eigenvalue weighted by molar-refractivity contribution is -0.189. The fourth-order valence-corrected chi connectivity index (χ4v) is 4.69. The number of thiophene rings is 1. The first-order valence-electron chi connectivity index (χ1n) is 7.97. The van der Waals surface area contributed by atoms with Crippen LogP contribution < -0.4 is 5.32 Å². The van der Waals surface area contributed by atoms with Crippen LogP contribution in [0.5, 0.6) is 0 Å². The largest absolute Gasteiger partial charge is 0.382 e. The van der Waals surface area contributed by atoms with Crippen molar-refractivity contribution in [2.75, 3.05) is 0 Å². The van der Waals surface area contributed by atoms with Gasteiger partial charge in [-0.05, 0) is 28.1 Å². The maximum atomic E-state index is 12.6. The molecule has 8 heteroatoms. The molecule has 4 rings (SSSR count). The molecule has 1 aromatic carbocycles. The van der Waals surface area contributed by atoms with Crippen LogP contribution in [0.15, 0.2) is 35.7 Å². The highest BCUT2D eigenvalue weighted by Gasteiger charge is 2.60. The van der Waals surface area contributed by atoms with Crippen molar-refractivity contribution in [3.05, 3.63) is 57.3 Å². The lowest BCUT2D eigenvalue weighted by Gasteiger charge is -2.44. The van der Waals surface area contributed by atoms with Gasteiger partial charge >= 0.3 is 0 Å². The normalized spacial score (nSPS) is 31.0. The average Bonchev–Trinajstić information content (AvgIpc) is 3.05. The molecule has 4 N–H and O–H groups in total. The number of aliphatic hydroxyl groups is 3. The number of benzene rings is 1. The number of hydrogen-bond donors (Lipinski definition) is 4. The molecule has 2 amide bonds. The van der Waals surface area contributed by atoms with Crippen LogP contribution in [0.1, 0.15) is 32.3 Å². The van der Waals surface area contributed by atoms with Gasteiger partial charge in [0.15, 0.2) is 18.0 Å². The maximum Gasteiger partial charge on any atom is 0.258 e. The summed E-state index contributed by atoms with van der Waals surface area (Å²) in [6.07, 6.45) is -4.01. The number of piperidine rings is 1. The number of fused-ring (bicyclic) bond motifs is 2. The predicted octanol–water partition coefficient (Wildman–Crippen LogP) is -0.272. The molecular formula is C18H15NO6S. The van der Waals surface area contributed by atoms with E-state index < -0.39 is 35.5 Å². The Morgan fingerprint density at radius 2 is 1.65 bits per heavy atom. The molecule has 0 bridgehead atoms. The predicted molar refractivity (Wildman–Crippen MR) is 90.8 cm³/mol. The quantitative estimate of drug-likeness (QED) is 0.510. The Bertz CT molecular complexity index is 915. The summed E-state index contributed by atoms with van der Waals surface area (Å²) in [5.41, 5.74) is -1.03. The Kier molecular flexibility index (Phi) is 3.81. The highest BCUT2D eigenvalue weighted by molar-refractivity contribution is 7.12. The molecule has 0 saturated carbocycles. The van der Waals surface area contributed by atoms with Crippen molar-refractivity contribution in [3.8, 4) is 0 Å². The SMILES string of the molecule is O=C1Cc2ccccc2C(C2(O)C(O)C(=O)NC(=O)C2O)c2ccsc21. The smallest absolute Gasteiger partial charge is 0.258 e. The van der Waals surface area contributed by atoms with E-state index in [1.807, 2.05) is 5.32 Å². The second-order valence-corrected chi connectivity index (χ2v) is 7.40. The van der Waals surface area contributed by atoms with Gasteiger partial charge in [0.05, 0.1) is 4.88 Å². The van der Waals surface area contributed by atoms with Gasteiger partial charge in [-0.15, -0.1) is 11.3 Å². The summed E-state index contributed by atoms with van der Waals surface area (Å²) < 4.78 is 0. The molecule has 1 aliphatic carbocycles. The van der Waals surface area contributed by atoms with Crippen LogP contribution >= 0.6 is 11.3 Å². The van der Waals surface area contributed by atoms with Crippen LogP contribution in [0.2, 0.25) is 0 Å². The van der Waals surface area contributed by atoms with Gasteiger partial charge in [-0.3, -0.25) is 19.7 Å². The van der Waals surface area contributed by atoms with E-state index >= 15 is 0 Å². The summed E-state index contributed by atoms with van der Waals surface area (Å²) in [5, 5.41) is 35.7. The average molecular weight is 373 g/mol. The fraction of sp³-hybridized carbons (Fsp3) is 0.278. The van der Waals surface area contributed by atoms with Gasteiger partial charge in [0.1, 0.15) is 5.60 Å². The number of nitrogens with one attached hydrogen (secondary N) is 1.